The first-order chi connectivity index (χ1) is 12.4. The van der Waals surface area contributed by atoms with Crippen LogP contribution in [0.25, 0.3) is 0 Å². The molecule has 1 amide bonds. The lowest BCUT2D eigenvalue weighted by Crippen LogP contribution is -2.13. The van der Waals surface area contributed by atoms with E-state index in [1.807, 2.05) is 13.0 Å². The molecule has 7 heteroatoms. The Morgan fingerprint density at radius 1 is 1.04 bits per heavy atom. The van der Waals surface area contributed by atoms with Gasteiger partial charge < -0.3 is 19.5 Å². The van der Waals surface area contributed by atoms with E-state index in [2.05, 4.69) is 5.32 Å². The first-order valence-electron chi connectivity index (χ1n) is 8.05. The Morgan fingerprint density at radius 2 is 1.77 bits per heavy atom. The molecule has 0 fully saturated rings. The van der Waals surface area contributed by atoms with E-state index in [-0.39, 0.29) is 5.91 Å². The fourth-order valence-corrected chi connectivity index (χ4v) is 2.66. The maximum Gasteiger partial charge on any atom is 0.224 e. The lowest BCUT2D eigenvalue weighted by molar-refractivity contribution is -0.116. The van der Waals surface area contributed by atoms with Gasteiger partial charge in [-0.25, -0.2) is 0 Å². The molecule has 0 unspecified atom stereocenters. The van der Waals surface area contributed by atoms with Crippen LogP contribution >= 0.6 is 23.2 Å². The molecule has 2 rings (SSSR count). The molecule has 0 aliphatic carbocycles. The number of carbonyl (C=O) groups is 1. The van der Waals surface area contributed by atoms with Crippen LogP contribution in [0.5, 0.6) is 17.2 Å². The molecule has 2 aromatic rings. The Balaban J connectivity index is 1.85. The molecule has 0 atom stereocenters. The Morgan fingerprint density at radius 3 is 2.42 bits per heavy atom. The Bertz CT molecular complexity index is 780. The third-order valence-electron chi connectivity index (χ3n) is 3.69. The summed E-state index contributed by atoms with van der Waals surface area (Å²) in [7, 11) is 3.03. The monoisotopic (exact) mass is 397 g/mol. The highest BCUT2D eigenvalue weighted by Crippen LogP contribution is 2.35. The summed E-state index contributed by atoms with van der Waals surface area (Å²) in [6, 6.07) is 8.69. The number of amides is 1. The molecule has 26 heavy (non-hydrogen) atoms. The van der Waals surface area contributed by atoms with E-state index in [9.17, 15) is 4.79 Å². The average molecular weight is 398 g/mol. The second-order valence-corrected chi connectivity index (χ2v) is 6.41. The van der Waals surface area contributed by atoms with Gasteiger partial charge in [0.05, 0.1) is 31.5 Å². The topological polar surface area (TPSA) is 56.8 Å². The fourth-order valence-electron chi connectivity index (χ4n) is 2.30. The number of benzene rings is 2. The second-order valence-electron chi connectivity index (χ2n) is 5.60. The van der Waals surface area contributed by atoms with Gasteiger partial charge in [-0.2, -0.15) is 0 Å². The molecule has 1 N–H and O–H groups in total. The second kappa shape index (κ2) is 9.55. The Kier molecular flexibility index (Phi) is 7.42. The molecule has 0 saturated carbocycles. The third kappa shape index (κ3) is 5.44. The fraction of sp³-hybridized carbons (Fsp3) is 0.316. The summed E-state index contributed by atoms with van der Waals surface area (Å²) in [5.41, 5.74) is 1.45. The van der Waals surface area contributed by atoms with Crippen molar-refractivity contribution in [1.82, 2.24) is 0 Å². The van der Waals surface area contributed by atoms with Crippen molar-refractivity contribution < 1.29 is 19.0 Å². The van der Waals surface area contributed by atoms with Gasteiger partial charge in [-0.1, -0.05) is 23.2 Å². The number of hydrogen-bond donors (Lipinski definition) is 1. The molecular weight excluding hydrogens is 377 g/mol. The van der Waals surface area contributed by atoms with E-state index in [0.29, 0.717) is 46.7 Å². The minimum atomic E-state index is -0.152. The zero-order chi connectivity index (χ0) is 19.1. The molecule has 2 aromatic carbocycles. The number of methoxy groups -OCH3 is 2. The van der Waals surface area contributed by atoms with Crippen molar-refractivity contribution in [1.29, 1.82) is 0 Å². The molecule has 0 aliphatic heterocycles. The van der Waals surface area contributed by atoms with E-state index in [1.54, 1.807) is 24.3 Å². The standard InChI is InChI=1S/C19H21Cl2NO4/c1-12-9-13(6-7-14(12)20)26-8-4-5-19(23)22-16-10-15(21)17(24-2)11-18(16)25-3/h6-7,9-11H,4-5,8H2,1-3H3,(H,22,23). The number of nitrogens with one attached hydrogen (secondary N) is 1. The summed E-state index contributed by atoms with van der Waals surface area (Å²) in [6.07, 6.45) is 0.874. The molecule has 0 radical (unpaired) electrons. The highest BCUT2D eigenvalue weighted by molar-refractivity contribution is 6.32. The molecule has 0 aliphatic rings. The van der Waals surface area contributed by atoms with Crippen molar-refractivity contribution in [3.63, 3.8) is 0 Å². The zero-order valence-corrected chi connectivity index (χ0v) is 16.4. The van der Waals surface area contributed by atoms with Crippen LogP contribution in [0.3, 0.4) is 0 Å². The van der Waals surface area contributed by atoms with Gasteiger partial charge in [-0.05, 0) is 43.2 Å². The number of carbonyl (C=O) groups excluding carboxylic acids is 1. The van der Waals surface area contributed by atoms with Crippen LogP contribution in [0.2, 0.25) is 10.0 Å². The lowest BCUT2D eigenvalue weighted by Gasteiger charge is -2.13. The molecule has 140 valence electrons. The van der Waals surface area contributed by atoms with E-state index in [0.717, 1.165) is 11.3 Å². The Hall–Kier alpha value is -2.11. The van der Waals surface area contributed by atoms with Crippen molar-refractivity contribution >= 4 is 34.8 Å². The highest BCUT2D eigenvalue weighted by Gasteiger charge is 2.12. The van der Waals surface area contributed by atoms with Crippen LogP contribution in [-0.4, -0.2) is 26.7 Å². The van der Waals surface area contributed by atoms with Gasteiger partial charge in [0.15, 0.2) is 0 Å². The predicted molar refractivity (Wildman–Crippen MR) is 104 cm³/mol. The zero-order valence-electron chi connectivity index (χ0n) is 14.9. The van der Waals surface area contributed by atoms with Crippen molar-refractivity contribution in [2.24, 2.45) is 0 Å². The normalized spacial score (nSPS) is 10.3. The molecule has 0 aromatic heterocycles. The minimum absolute atomic E-state index is 0.152. The average Bonchev–Trinajstić information content (AvgIpc) is 2.62. The SMILES string of the molecule is COc1cc(OC)c(NC(=O)CCCOc2ccc(Cl)c(C)c2)cc1Cl. The number of rotatable bonds is 8. The van der Waals surface area contributed by atoms with E-state index in [4.69, 9.17) is 37.4 Å². The molecule has 0 heterocycles. The van der Waals surface area contributed by atoms with Gasteiger partial charge >= 0.3 is 0 Å². The van der Waals surface area contributed by atoms with Gasteiger partial charge in [0.25, 0.3) is 0 Å². The van der Waals surface area contributed by atoms with E-state index < -0.39 is 0 Å². The maximum atomic E-state index is 12.1. The van der Waals surface area contributed by atoms with E-state index in [1.165, 1.54) is 14.2 Å². The summed E-state index contributed by atoms with van der Waals surface area (Å²) in [4.78, 5) is 12.1. The van der Waals surface area contributed by atoms with Gasteiger partial charge in [-0.15, -0.1) is 0 Å². The largest absolute Gasteiger partial charge is 0.495 e. The van der Waals surface area contributed by atoms with Crippen LogP contribution in [0, 0.1) is 6.92 Å². The lowest BCUT2D eigenvalue weighted by atomic mass is 10.2. The quantitative estimate of drug-likeness (QED) is 0.628. The van der Waals surface area contributed by atoms with Gasteiger partial charge in [-0.3, -0.25) is 4.79 Å². The number of hydrogen-bond acceptors (Lipinski definition) is 4. The van der Waals surface area contributed by atoms with Crippen LogP contribution in [0.1, 0.15) is 18.4 Å². The van der Waals surface area contributed by atoms with Gasteiger partial charge in [0.2, 0.25) is 5.91 Å². The van der Waals surface area contributed by atoms with Gasteiger partial charge in [0, 0.05) is 17.5 Å². The summed E-state index contributed by atoms with van der Waals surface area (Å²) in [6.45, 7) is 2.34. The molecule has 0 spiro atoms. The van der Waals surface area contributed by atoms with E-state index >= 15 is 0 Å². The van der Waals surface area contributed by atoms with Crippen LogP contribution in [0.15, 0.2) is 30.3 Å². The number of aryl methyl sites for hydroxylation is 1. The summed E-state index contributed by atoms with van der Waals surface area (Å²) < 4.78 is 16.0. The molecule has 0 saturated heterocycles. The molecular formula is C19H21Cl2NO4. The maximum absolute atomic E-state index is 12.1. The smallest absolute Gasteiger partial charge is 0.224 e. The number of anilines is 1. The van der Waals surface area contributed by atoms with Crippen LogP contribution in [-0.2, 0) is 4.79 Å². The highest BCUT2D eigenvalue weighted by atomic mass is 35.5. The van der Waals surface area contributed by atoms with Gasteiger partial charge in [0.1, 0.15) is 17.2 Å². The Labute approximate surface area is 163 Å². The van der Waals surface area contributed by atoms with Crippen molar-refractivity contribution in [3.05, 3.63) is 45.9 Å². The van der Waals surface area contributed by atoms with Crippen molar-refractivity contribution in [3.8, 4) is 17.2 Å². The van der Waals surface area contributed by atoms with Crippen LogP contribution < -0.4 is 19.5 Å². The first-order valence-corrected chi connectivity index (χ1v) is 8.80. The first kappa shape index (κ1) is 20.2. The summed E-state index contributed by atoms with van der Waals surface area (Å²) in [5, 5.41) is 3.88. The summed E-state index contributed by atoms with van der Waals surface area (Å²) in [5.74, 6) is 1.54. The third-order valence-corrected chi connectivity index (χ3v) is 4.41. The van der Waals surface area contributed by atoms with Crippen molar-refractivity contribution in [2.75, 3.05) is 26.1 Å². The molecule has 0 bridgehead atoms. The predicted octanol–water partition coefficient (Wildman–Crippen LogP) is 5.12. The van der Waals surface area contributed by atoms with Crippen LogP contribution in [0.4, 0.5) is 5.69 Å². The molecule has 5 nitrogen and oxygen atoms in total. The van der Waals surface area contributed by atoms with Crippen molar-refractivity contribution in [2.45, 2.75) is 19.8 Å². The minimum Gasteiger partial charge on any atom is -0.495 e. The summed E-state index contributed by atoms with van der Waals surface area (Å²) >= 11 is 12.1. The number of halogens is 2. The number of ether oxygens (including phenoxy) is 3.